The summed E-state index contributed by atoms with van der Waals surface area (Å²) in [6, 6.07) is 5.93. The van der Waals surface area contributed by atoms with Crippen LogP contribution in [0.25, 0.3) is 0 Å². The van der Waals surface area contributed by atoms with Gasteiger partial charge < -0.3 is 19.9 Å². The number of hydrogen-bond acceptors (Lipinski definition) is 5. The molecule has 162 valence electrons. The van der Waals surface area contributed by atoms with Crippen molar-refractivity contribution in [3.05, 3.63) is 23.8 Å². The molecule has 2 N–H and O–H groups in total. The Bertz CT molecular complexity index is 679. The molecule has 2 heterocycles. The molecule has 1 amide bonds. The number of ether oxygens (including phenoxy) is 2. The fourth-order valence-corrected chi connectivity index (χ4v) is 4.33. The van der Waals surface area contributed by atoms with E-state index in [1.54, 1.807) is 0 Å². The molecular weight excluding hydrogens is 368 g/mol. The molecular formula is C23H36N2O4. The van der Waals surface area contributed by atoms with E-state index in [0.717, 1.165) is 49.3 Å². The number of piperidine rings is 1. The number of likely N-dealkylation sites (tertiary alicyclic amines) is 1. The monoisotopic (exact) mass is 404 g/mol. The maximum absolute atomic E-state index is 12.9. The van der Waals surface area contributed by atoms with Gasteiger partial charge >= 0.3 is 0 Å². The largest absolute Gasteiger partial charge is 0.490 e. The van der Waals surface area contributed by atoms with Crippen molar-refractivity contribution in [2.45, 2.75) is 71.1 Å². The number of nitrogens with one attached hydrogen (secondary N) is 1. The highest BCUT2D eigenvalue weighted by molar-refractivity contribution is 5.78. The zero-order valence-corrected chi connectivity index (χ0v) is 18.0. The molecule has 0 aromatic heterocycles. The Morgan fingerprint density at radius 2 is 1.97 bits per heavy atom. The van der Waals surface area contributed by atoms with E-state index in [0.29, 0.717) is 26.2 Å². The molecule has 1 saturated heterocycles. The van der Waals surface area contributed by atoms with E-state index in [9.17, 15) is 9.90 Å². The highest BCUT2D eigenvalue weighted by Gasteiger charge is 2.30. The molecule has 6 heteroatoms. The fraction of sp³-hybridized carbons (Fsp3) is 0.696. The molecule has 1 fully saturated rings. The predicted octanol–water partition coefficient (Wildman–Crippen LogP) is 3.29. The van der Waals surface area contributed by atoms with E-state index in [1.165, 1.54) is 0 Å². The van der Waals surface area contributed by atoms with Crippen LogP contribution < -0.4 is 14.8 Å². The minimum Gasteiger partial charge on any atom is -0.490 e. The molecule has 0 bridgehead atoms. The zero-order valence-electron chi connectivity index (χ0n) is 18.0. The first-order valence-corrected chi connectivity index (χ1v) is 11.1. The van der Waals surface area contributed by atoms with E-state index < -0.39 is 0 Å². The van der Waals surface area contributed by atoms with E-state index in [-0.39, 0.29) is 30.0 Å². The molecule has 3 rings (SSSR count). The average molecular weight is 405 g/mol. The van der Waals surface area contributed by atoms with Crippen LogP contribution >= 0.6 is 0 Å². The molecule has 29 heavy (non-hydrogen) atoms. The Morgan fingerprint density at radius 1 is 1.21 bits per heavy atom. The van der Waals surface area contributed by atoms with E-state index in [1.807, 2.05) is 25.1 Å². The maximum Gasteiger partial charge on any atom is 0.234 e. The van der Waals surface area contributed by atoms with Crippen molar-refractivity contribution in [1.82, 2.24) is 10.2 Å². The Labute approximate surface area is 174 Å². The Morgan fingerprint density at radius 3 is 2.69 bits per heavy atom. The number of aliphatic hydroxyl groups excluding tert-OH is 1. The summed E-state index contributed by atoms with van der Waals surface area (Å²) >= 11 is 0. The number of carbonyl (C=O) groups excluding carboxylic acids is 1. The molecule has 3 unspecified atom stereocenters. The van der Waals surface area contributed by atoms with Crippen LogP contribution in [0.15, 0.2) is 18.2 Å². The zero-order chi connectivity index (χ0) is 20.8. The van der Waals surface area contributed by atoms with E-state index in [4.69, 9.17) is 9.47 Å². The minimum absolute atomic E-state index is 0.00557. The van der Waals surface area contributed by atoms with Gasteiger partial charge in [-0.2, -0.15) is 0 Å². The molecule has 0 aliphatic carbocycles. The number of aliphatic hydroxyl groups is 1. The van der Waals surface area contributed by atoms with Gasteiger partial charge in [-0.05, 0) is 49.4 Å². The highest BCUT2D eigenvalue weighted by Crippen LogP contribution is 2.34. The lowest BCUT2D eigenvalue weighted by Gasteiger charge is -2.38. The van der Waals surface area contributed by atoms with Crippen molar-refractivity contribution < 1.29 is 19.4 Å². The number of benzene rings is 1. The van der Waals surface area contributed by atoms with Gasteiger partial charge in [-0.25, -0.2) is 0 Å². The number of nitrogens with zero attached hydrogens (tertiary/aromatic N) is 1. The van der Waals surface area contributed by atoms with Gasteiger partial charge in [0.1, 0.15) is 0 Å². The average Bonchev–Trinajstić information content (AvgIpc) is 2.96. The molecule has 0 spiro atoms. The van der Waals surface area contributed by atoms with Gasteiger partial charge in [0, 0.05) is 12.5 Å². The normalized spacial score (nSPS) is 22.0. The van der Waals surface area contributed by atoms with Crippen LogP contribution in [0.4, 0.5) is 0 Å². The molecule has 0 radical (unpaired) electrons. The SMILES string of the molecule is CCC(O)C1CCCCN1CC(=O)NC(c1ccc2c(c1)OCCCO2)C(C)C. The van der Waals surface area contributed by atoms with Crippen molar-refractivity contribution in [2.24, 2.45) is 5.92 Å². The lowest BCUT2D eigenvalue weighted by Crippen LogP contribution is -2.51. The van der Waals surface area contributed by atoms with Crippen molar-refractivity contribution in [2.75, 3.05) is 26.3 Å². The lowest BCUT2D eigenvalue weighted by atomic mass is 9.94. The van der Waals surface area contributed by atoms with Crippen molar-refractivity contribution in [3.63, 3.8) is 0 Å². The third kappa shape index (κ3) is 5.64. The molecule has 0 saturated carbocycles. The van der Waals surface area contributed by atoms with Crippen LogP contribution in [0.3, 0.4) is 0 Å². The highest BCUT2D eigenvalue weighted by atomic mass is 16.5. The third-order valence-electron chi connectivity index (χ3n) is 5.99. The molecule has 2 aliphatic rings. The first kappa shape index (κ1) is 21.9. The first-order chi connectivity index (χ1) is 14.0. The van der Waals surface area contributed by atoms with Crippen LogP contribution in [0, 0.1) is 5.92 Å². The smallest absolute Gasteiger partial charge is 0.234 e. The van der Waals surface area contributed by atoms with Crippen molar-refractivity contribution >= 4 is 5.91 Å². The van der Waals surface area contributed by atoms with Crippen LogP contribution in [0.5, 0.6) is 11.5 Å². The summed E-state index contributed by atoms with van der Waals surface area (Å²) < 4.78 is 11.6. The standard InChI is InChI=1S/C23H36N2O4/c1-4-19(26)18-8-5-6-11-25(18)15-22(27)24-23(16(2)3)17-9-10-20-21(14-17)29-13-7-12-28-20/h9-10,14,16,18-19,23,26H,4-8,11-13,15H2,1-3H3,(H,24,27). The first-order valence-electron chi connectivity index (χ1n) is 11.1. The summed E-state index contributed by atoms with van der Waals surface area (Å²) in [5, 5.41) is 13.6. The second-order valence-corrected chi connectivity index (χ2v) is 8.56. The van der Waals surface area contributed by atoms with Crippen molar-refractivity contribution in [3.8, 4) is 11.5 Å². The van der Waals surface area contributed by atoms with Gasteiger partial charge in [0.15, 0.2) is 11.5 Å². The summed E-state index contributed by atoms with van der Waals surface area (Å²) in [5.74, 6) is 1.76. The van der Waals surface area contributed by atoms with Gasteiger partial charge in [-0.1, -0.05) is 33.3 Å². The van der Waals surface area contributed by atoms with Gasteiger partial charge in [0.05, 0.1) is 31.9 Å². The molecule has 1 aromatic carbocycles. The van der Waals surface area contributed by atoms with Gasteiger partial charge in [-0.15, -0.1) is 0 Å². The maximum atomic E-state index is 12.9. The lowest BCUT2D eigenvalue weighted by molar-refractivity contribution is -0.125. The van der Waals surface area contributed by atoms with Gasteiger partial charge in [0.2, 0.25) is 5.91 Å². The number of amides is 1. The molecule has 6 nitrogen and oxygen atoms in total. The third-order valence-corrected chi connectivity index (χ3v) is 5.99. The second-order valence-electron chi connectivity index (χ2n) is 8.56. The fourth-order valence-electron chi connectivity index (χ4n) is 4.33. The van der Waals surface area contributed by atoms with E-state index in [2.05, 4.69) is 24.1 Å². The summed E-state index contributed by atoms with van der Waals surface area (Å²) in [4.78, 5) is 15.1. The Kier molecular flexibility index (Phi) is 7.78. The molecule has 2 aliphatic heterocycles. The van der Waals surface area contributed by atoms with Crippen LogP contribution in [0.2, 0.25) is 0 Å². The Hall–Kier alpha value is -1.79. The quantitative estimate of drug-likeness (QED) is 0.730. The summed E-state index contributed by atoms with van der Waals surface area (Å²) in [5.41, 5.74) is 1.03. The second kappa shape index (κ2) is 10.3. The minimum atomic E-state index is -0.370. The van der Waals surface area contributed by atoms with Crippen LogP contribution in [0.1, 0.15) is 64.5 Å². The predicted molar refractivity (Wildman–Crippen MR) is 113 cm³/mol. The van der Waals surface area contributed by atoms with Crippen LogP contribution in [-0.2, 0) is 4.79 Å². The van der Waals surface area contributed by atoms with Gasteiger partial charge in [0.25, 0.3) is 0 Å². The number of hydrogen-bond donors (Lipinski definition) is 2. The number of rotatable bonds is 7. The summed E-state index contributed by atoms with van der Waals surface area (Å²) in [6.07, 6.45) is 4.37. The van der Waals surface area contributed by atoms with Gasteiger partial charge in [-0.3, -0.25) is 9.69 Å². The summed E-state index contributed by atoms with van der Waals surface area (Å²) in [6.45, 7) is 8.72. The topological polar surface area (TPSA) is 71.0 Å². The number of fused-ring (bicyclic) bond motifs is 1. The summed E-state index contributed by atoms with van der Waals surface area (Å²) in [7, 11) is 0. The molecule has 1 aromatic rings. The Balaban J connectivity index is 1.68. The number of carbonyl (C=O) groups is 1. The molecule has 3 atom stereocenters. The van der Waals surface area contributed by atoms with Crippen LogP contribution in [-0.4, -0.2) is 54.4 Å². The van der Waals surface area contributed by atoms with Crippen molar-refractivity contribution in [1.29, 1.82) is 0 Å². The van der Waals surface area contributed by atoms with E-state index >= 15 is 0 Å².